The Bertz CT molecular complexity index is 859. The number of nitrogens with two attached hydrogens (primary N) is 1. The number of benzene rings is 2. The van der Waals surface area contributed by atoms with Gasteiger partial charge in [0.25, 0.3) is 0 Å². The number of nitrogen functional groups attached to an aromatic ring is 1. The minimum absolute atomic E-state index is 0.224. The van der Waals surface area contributed by atoms with Crippen molar-refractivity contribution in [1.29, 1.82) is 0 Å². The number of hydrogen-bond donors (Lipinski definition) is 3. The number of hydrogen-bond acceptors (Lipinski definition) is 2. The molecule has 0 radical (unpaired) electrons. The molecule has 20 heavy (non-hydrogen) atoms. The van der Waals surface area contributed by atoms with E-state index in [1.807, 2.05) is 42.5 Å². The highest BCUT2D eigenvalue weighted by atomic mass is 16.3. The number of allylic oxidation sites excluding steroid dienone is 1. The minimum atomic E-state index is 0.224. The summed E-state index contributed by atoms with van der Waals surface area (Å²) in [5, 5.41) is 11.3. The molecule has 0 bridgehead atoms. The van der Waals surface area contributed by atoms with Crippen molar-refractivity contribution in [1.82, 2.24) is 4.98 Å². The summed E-state index contributed by atoms with van der Waals surface area (Å²) in [7, 11) is 0. The van der Waals surface area contributed by atoms with Crippen molar-refractivity contribution in [3.05, 3.63) is 65.2 Å². The monoisotopic (exact) mass is 262 g/mol. The molecule has 1 aliphatic carbocycles. The molecule has 0 fully saturated rings. The summed E-state index contributed by atoms with van der Waals surface area (Å²) in [6.45, 7) is 0. The standard InChI is InChI=1S/C17H14N2O/c18-11-6-8-12-10(9-11)5-7-13(12)16-14-3-1-2-4-15(14)19-17(16)20/h1-4,6-9,19-20H,5,18H2. The van der Waals surface area contributed by atoms with Crippen LogP contribution in [0.15, 0.2) is 48.5 Å². The van der Waals surface area contributed by atoms with Crippen molar-refractivity contribution in [2.24, 2.45) is 0 Å². The molecule has 3 heteroatoms. The zero-order valence-electron chi connectivity index (χ0n) is 10.9. The number of fused-ring (bicyclic) bond motifs is 2. The molecule has 4 N–H and O–H groups in total. The Hall–Kier alpha value is -2.68. The molecule has 0 atom stereocenters. The van der Waals surface area contributed by atoms with Gasteiger partial charge in [-0.2, -0.15) is 0 Å². The molecular formula is C17H14N2O. The van der Waals surface area contributed by atoms with Crippen LogP contribution in [0.4, 0.5) is 5.69 Å². The van der Waals surface area contributed by atoms with E-state index in [1.165, 1.54) is 5.56 Å². The van der Waals surface area contributed by atoms with Crippen LogP contribution in [0.1, 0.15) is 16.7 Å². The predicted molar refractivity (Wildman–Crippen MR) is 81.6 cm³/mol. The number of aromatic hydroxyl groups is 1. The van der Waals surface area contributed by atoms with Gasteiger partial charge in [-0.1, -0.05) is 30.3 Å². The second kappa shape index (κ2) is 3.90. The van der Waals surface area contributed by atoms with Crippen molar-refractivity contribution in [3.8, 4) is 5.88 Å². The van der Waals surface area contributed by atoms with E-state index in [2.05, 4.69) is 11.1 Å². The van der Waals surface area contributed by atoms with E-state index in [1.54, 1.807) is 0 Å². The van der Waals surface area contributed by atoms with Crippen LogP contribution < -0.4 is 5.73 Å². The average Bonchev–Trinajstić information content (AvgIpc) is 2.97. The van der Waals surface area contributed by atoms with E-state index in [0.717, 1.165) is 39.7 Å². The fraction of sp³-hybridized carbons (Fsp3) is 0.0588. The number of nitrogens with one attached hydrogen (secondary N) is 1. The summed E-state index contributed by atoms with van der Waals surface area (Å²) in [5.41, 5.74) is 11.9. The van der Waals surface area contributed by atoms with E-state index in [4.69, 9.17) is 5.73 Å². The quantitative estimate of drug-likeness (QED) is 0.588. The van der Waals surface area contributed by atoms with Crippen LogP contribution in [0.3, 0.4) is 0 Å². The molecule has 3 nitrogen and oxygen atoms in total. The van der Waals surface area contributed by atoms with Gasteiger partial charge in [0, 0.05) is 16.6 Å². The Balaban J connectivity index is 1.97. The normalized spacial score (nSPS) is 13.5. The van der Waals surface area contributed by atoms with Crippen LogP contribution in [0, 0.1) is 0 Å². The van der Waals surface area contributed by atoms with E-state index in [9.17, 15) is 5.11 Å². The molecule has 3 aromatic rings. The number of H-pyrrole nitrogens is 1. The number of para-hydroxylation sites is 1. The topological polar surface area (TPSA) is 62.0 Å². The maximum Gasteiger partial charge on any atom is 0.197 e. The zero-order valence-corrected chi connectivity index (χ0v) is 10.9. The Morgan fingerprint density at radius 1 is 1.10 bits per heavy atom. The Morgan fingerprint density at radius 3 is 2.85 bits per heavy atom. The van der Waals surface area contributed by atoms with Crippen LogP contribution >= 0.6 is 0 Å². The number of anilines is 1. The third kappa shape index (κ3) is 1.46. The molecule has 0 aliphatic heterocycles. The summed E-state index contributed by atoms with van der Waals surface area (Å²) < 4.78 is 0. The molecule has 1 aromatic heterocycles. The largest absolute Gasteiger partial charge is 0.494 e. The lowest BCUT2D eigenvalue weighted by Gasteiger charge is -2.06. The second-order valence-electron chi connectivity index (χ2n) is 5.13. The Labute approximate surface area is 116 Å². The molecule has 0 unspecified atom stereocenters. The summed E-state index contributed by atoms with van der Waals surface area (Å²) in [4.78, 5) is 3.04. The van der Waals surface area contributed by atoms with Crippen LogP contribution in [0.2, 0.25) is 0 Å². The summed E-state index contributed by atoms with van der Waals surface area (Å²) in [6, 6.07) is 13.9. The maximum atomic E-state index is 10.3. The van der Waals surface area contributed by atoms with Gasteiger partial charge in [0.15, 0.2) is 5.88 Å². The van der Waals surface area contributed by atoms with Gasteiger partial charge in [0.05, 0.1) is 5.56 Å². The fourth-order valence-electron chi connectivity index (χ4n) is 3.00. The molecule has 0 spiro atoms. The van der Waals surface area contributed by atoms with Gasteiger partial charge < -0.3 is 15.8 Å². The molecule has 0 saturated carbocycles. The summed E-state index contributed by atoms with van der Waals surface area (Å²) in [6.07, 6.45) is 3.01. The molecule has 1 heterocycles. The third-order valence-corrected chi connectivity index (χ3v) is 3.90. The van der Waals surface area contributed by atoms with Gasteiger partial charge in [0.2, 0.25) is 0 Å². The van der Waals surface area contributed by atoms with E-state index in [0.29, 0.717) is 0 Å². The van der Waals surface area contributed by atoms with E-state index >= 15 is 0 Å². The summed E-state index contributed by atoms with van der Waals surface area (Å²) >= 11 is 0. The lowest BCUT2D eigenvalue weighted by molar-refractivity contribution is 0.457. The lowest BCUT2D eigenvalue weighted by atomic mass is 9.98. The van der Waals surface area contributed by atoms with Crippen LogP contribution in [0.5, 0.6) is 5.88 Å². The Kier molecular flexibility index (Phi) is 2.18. The van der Waals surface area contributed by atoms with Crippen molar-refractivity contribution >= 4 is 22.2 Å². The van der Waals surface area contributed by atoms with Gasteiger partial charge in [-0.3, -0.25) is 0 Å². The Morgan fingerprint density at radius 2 is 1.95 bits per heavy atom. The SMILES string of the molecule is Nc1ccc2c(c1)CC=C2c1c(O)[nH]c2ccccc12. The number of aromatic amines is 1. The first kappa shape index (κ1) is 11.2. The van der Waals surface area contributed by atoms with Crippen LogP contribution in [0.25, 0.3) is 16.5 Å². The number of rotatable bonds is 1. The van der Waals surface area contributed by atoms with Gasteiger partial charge in [-0.05, 0) is 41.3 Å². The van der Waals surface area contributed by atoms with Crippen LogP contribution in [-0.2, 0) is 6.42 Å². The van der Waals surface area contributed by atoms with Crippen molar-refractivity contribution in [2.45, 2.75) is 6.42 Å². The minimum Gasteiger partial charge on any atom is -0.494 e. The maximum absolute atomic E-state index is 10.3. The van der Waals surface area contributed by atoms with E-state index in [-0.39, 0.29) is 5.88 Å². The first-order valence-corrected chi connectivity index (χ1v) is 6.63. The van der Waals surface area contributed by atoms with Gasteiger partial charge in [0.1, 0.15) is 0 Å². The molecule has 4 rings (SSSR count). The van der Waals surface area contributed by atoms with Crippen molar-refractivity contribution < 1.29 is 5.11 Å². The molecule has 98 valence electrons. The lowest BCUT2D eigenvalue weighted by Crippen LogP contribution is -1.90. The fourth-order valence-corrected chi connectivity index (χ4v) is 3.00. The highest BCUT2D eigenvalue weighted by Crippen LogP contribution is 2.41. The highest BCUT2D eigenvalue weighted by Gasteiger charge is 2.21. The first-order valence-electron chi connectivity index (χ1n) is 6.63. The van der Waals surface area contributed by atoms with Crippen molar-refractivity contribution in [2.75, 3.05) is 5.73 Å². The number of aromatic nitrogens is 1. The molecule has 0 saturated heterocycles. The zero-order chi connectivity index (χ0) is 13.7. The average molecular weight is 262 g/mol. The predicted octanol–water partition coefficient (Wildman–Crippen LogP) is 3.44. The van der Waals surface area contributed by atoms with Gasteiger partial charge in [-0.25, -0.2) is 0 Å². The smallest absolute Gasteiger partial charge is 0.197 e. The van der Waals surface area contributed by atoms with Crippen LogP contribution in [-0.4, -0.2) is 10.1 Å². The molecule has 1 aliphatic rings. The molecular weight excluding hydrogens is 248 g/mol. The third-order valence-electron chi connectivity index (χ3n) is 3.90. The first-order chi connectivity index (χ1) is 9.74. The molecule has 0 amide bonds. The second-order valence-corrected chi connectivity index (χ2v) is 5.13. The van der Waals surface area contributed by atoms with Crippen molar-refractivity contribution in [3.63, 3.8) is 0 Å². The highest BCUT2D eigenvalue weighted by molar-refractivity contribution is 6.01. The van der Waals surface area contributed by atoms with Gasteiger partial charge >= 0.3 is 0 Å². The van der Waals surface area contributed by atoms with E-state index < -0.39 is 0 Å². The summed E-state index contributed by atoms with van der Waals surface area (Å²) in [5.74, 6) is 0.224. The molecule has 2 aromatic carbocycles. The van der Waals surface area contributed by atoms with Gasteiger partial charge in [-0.15, -0.1) is 0 Å².